The fourth-order valence-corrected chi connectivity index (χ4v) is 3.25. The fraction of sp³-hybridized carbons (Fsp3) is 0.136. The second-order valence-electron chi connectivity index (χ2n) is 7.01. The number of halogens is 1. The number of hydrogen-bond donors (Lipinski definition) is 2. The third kappa shape index (κ3) is 3.97. The van der Waals surface area contributed by atoms with Crippen LogP contribution in [0.5, 0.6) is 0 Å². The normalized spacial score (nSPS) is 10.8. The molecule has 0 bridgehead atoms. The van der Waals surface area contributed by atoms with Crippen molar-refractivity contribution in [3.8, 4) is 5.82 Å². The van der Waals surface area contributed by atoms with E-state index in [0.717, 1.165) is 28.4 Å². The summed E-state index contributed by atoms with van der Waals surface area (Å²) in [7, 11) is 0. The van der Waals surface area contributed by atoms with Crippen LogP contribution < -0.4 is 10.6 Å². The lowest BCUT2D eigenvalue weighted by atomic mass is 10.2. The summed E-state index contributed by atoms with van der Waals surface area (Å²) in [5.41, 5.74) is 3.64. The molecule has 0 radical (unpaired) electrons. The third-order valence-corrected chi connectivity index (χ3v) is 4.76. The van der Waals surface area contributed by atoms with Gasteiger partial charge in [0, 0.05) is 17.3 Å². The number of hydrogen-bond acceptors (Lipinski definition) is 6. The van der Waals surface area contributed by atoms with Crippen molar-refractivity contribution in [2.24, 2.45) is 0 Å². The third-order valence-electron chi connectivity index (χ3n) is 4.76. The molecule has 0 fully saturated rings. The SMILES string of the molecule is C=CC(=O)Nc1ccc2c(c1)c(C)cn2-c1nc(Nc2cnc(C)nc2C)ncc1F. The van der Waals surface area contributed by atoms with Gasteiger partial charge >= 0.3 is 0 Å². The maximum absolute atomic E-state index is 14.7. The number of rotatable bonds is 5. The summed E-state index contributed by atoms with van der Waals surface area (Å²) >= 11 is 0. The van der Waals surface area contributed by atoms with Crippen molar-refractivity contribution in [3.63, 3.8) is 0 Å². The summed E-state index contributed by atoms with van der Waals surface area (Å²) in [4.78, 5) is 28.5. The van der Waals surface area contributed by atoms with Crippen LogP contribution in [0.1, 0.15) is 17.1 Å². The predicted octanol–water partition coefficient (Wildman–Crippen LogP) is 4.14. The molecule has 0 aliphatic heterocycles. The van der Waals surface area contributed by atoms with Gasteiger partial charge in [-0.2, -0.15) is 4.98 Å². The van der Waals surface area contributed by atoms with Crippen molar-refractivity contribution in [2.75, 3.05) is 10.6 Å². The topological polar surface area (TPSA) is 97.6 Å². The highest BCUT2D eigenvalue weighted by atomic mass is 19.1. The average molecular weight is 417 g/mol. The van der Waals surface area contributed by atoms with Crippen molar-refractivity contribution in [1.29, 1.82) is 0 Å². The first-order chi connectivity index (χ1) is 14.9. The van der Waals surface area contributed by atoms with Crippen molar-refractivity contribution in [3.05, 3.63) is 72.3 Å². The van der Waals surface area contributed by atoms with Gasteiger partial charge in [-0.3, -0.25) is 9.36 Å². The van der Waals surface area contributed by atoms with E-state index in [9.17, 15) is 9.18 Å². The molecule has 31 heavy (non-hydrogen) atoms. The molecule has 0 saturated heterocycles. The molecular formula is C22H20FN7O. The van der Waals surface area contributed by atoms with Crippen molar-refractivity contribution in [2.45, 2.75) is 20.8 Å². The van der Waals surface area contributed by atoms with Crippen LogP contribution in [-0.2, 0) is 4.79 Å². The number of fused-ring (bicyclic) bond motifs is 1. The summed E-state index contributed by atoms with van der Waals surface area (Å²) in [6.07, 6.45) is 5.75. The second-order valence-corrected chi connectivity index (χ2v) is 7.01. The molecule has 9 heteroatoms. The molecule has 3 aromatic heterocycles. The Labute approximate surface area is 177 Å². The molecule has 1 amide bonds. The minimum absolute atomic E-state index is 0.101. The number of nitrogens with zero attached hydrogens (tertiary/aromatic N) is 5. The number of benzene rings is 1. The summed E-state index contributed by atoms with van der Waals surface area (Å²) in [5.74, 6) is 0.111. The van der Waals surface area contributed by atoms with Crippen LogP contribution in [0.2, 0.25) is 0 Å². The largest absolute Gasteiger partial charge is 0.323 e. The van der Waals surface area contributed by atoms with Gasteiger partial charge in [0.15, 0.2) is 11.6 Å². The minimum atomic E-state index is -0.566. The van der Waals surface area contributed by atoms with E-state index in [2.05, 4.69) is 37.1 Å². The molecule has 4 aromatic rings. The molecule has 2 N–H and O–H groups in total. The Morgan fingerprint density at radius 3 is 2.71 bits per heavy atom. The van der Waals surface area contributed by atoms with Crippen molar-refractivity contribution >= 4 is 34.1 Å². The van der Waals surface area contributed by atoms with Crippen LogP contribution in [0.25, 0.3) is 16.7 Å². The first-order valence-corrected chi connectivity index (χ1v) is 9.51. The number of amides is 1. The zero-order valence-electron chi connectivity index (χ0n) is 17.3. The maximum atomic E-state index is 14.7. The predicted molar refractivity (Wildman–Crippen MR) is 117 cm³/mol. The van der Waals surface area contributed by atoms with Gasteiger partial charge in [-0.05, 0) is 50.6 Å². The Balaban J connectivity index is 1.74. The number of carbonyl (C=O) groups is 1. The maximum Gasteiger partial charge on any atom is 0.247 e. The molecule has 0 aliphatic rings. The quantitative estimate of drug-likeness (QED) is 0.474. The molecule has 3 heterocycles. The van der Waals surface area contributed by atoms with Gasteiger partial charge in [-0.15, -0.1) is 0 Å². The second kappa shape index (κ2) is 7.94. The molecule has 0 aliphatic carbocycles. The zero-order chi connectivity index (χ0) is 22.1. The van der Waals surface area contributed by atoms with Gasteiger partial charge in [0.1, 0.15) is 5.82 Å². The van der Waals surface area contributed by atoms with Crippen LogP contribution >= 0.6 is 0 Å². The van der Waals surface area contributed by atoms with E-state index < -0.39 is 5.82 Å². The molecule has 0 spiro atoms. The Hall–Kier alpha value is -4.14. The highest BCUT2D eigenvalue weighted by Gasteiger charge is 2.15. The molecule has 0 unspecified atom stereocenters. The highest BCUT2D eigenvalue weighted by molar-refractivity contribution is 6.00. The molecule has 156 valence electrons. The first-order valence-electron chi connectivity index (χ1n) is 9.51. The highest BCUT2D eigenvalue weighted by Crippen LogP contribution is 2.28. The van der Waals surface area contributed by atoms with E-state index in [4.69, 9.17) is 0 Å². The van der Waals surface area contributed by atoms with E-state index in [1.807, 2.05) is 19.9 Å². The van der Waals surface area contributed by atoms with Crippen LogP contribution in [0, 0.1) is 26.6 Å². The summed E-state index contributed by atoms with van der Waals surface area (Å²) < 4.78 is 16.4. The minimum Gasteiger partial charge on any atom is -0.323 e. The van der Waals surface area contributed by atoms with E-state index in [0.29, 0.717) is 17.2 Å². The lowest BCUT2D eigenvalue weighted by Gasteiger charge is -2.11. The molecule has 0 saturated carbocycles. The zero-order valence-corrected chi connectivity index (χ0v) is 17.3. The molecule has 1 aromatic carbocycles. The van der Waals surface area contributed by atoms with Gasteiger partial charge < -0.3 is 10.6 Å². The Morgan fingerprint density at radius 2 is 1.97 bits per heavy atom. The lowest BCUT2D eigenvalue weighted by Crippen LogP contribution is -2.07. The van der Waals surface area contributed by atoms with Crippen molar-refractivity contribution in [1.82, 2.24) is 24.5 Å². The number of aromatic nitrogens is 5. The smallest absolute Gasteiger partial charge is 0.247 e. The van der Waals surface area contributed by atoms with E-state index in [1.165, 1.54) is 6.08 Å². The van der Waals surface area contributed by atoms with E-state index in [1.54, 1.807) is 36.0 Å². The Bertz CT molecular complexity index is 1330. The molecular weight excluding hydrogens is 397 g/mol. The van der Waals surface area contributed by atoms with Gasteiger partial charge in [0.05, 0.1) is 29.3 Å². The van der Waals surface area contributed by atoms with Gasteiger partial charge in [-0.25, -0.2) is 19.3 Å². The average Bonchev–Trinajstić information content (AvgIpc) is 3.07. The molecule has 8 nitrogen and oxygen atoms in total. The fourth-order valence-electron chi connectivity index (χ4n) is 3.25. The Kier molecular flexibility index (Phi) is 5.16. The number of anilines is 3. The summed E-state index contributed by atoms with van der Waals surface area (Å²) in [6.45, 7) is 9.00. The van der Waals surface area contributed by atoms with Gasteiger partial charge in [-0.1, -0.05) is 6.58 Å². The van der Waals surface area contributed by atoms with Crippen molar-refractivity contribution < 1.29 is 9.18 Å². The summed E-state index contributed by atoms with van der Waals surface area (Å²) in [5, 5.41) is 6.63. The van der Waals surface area contributed by atoms with Gasteiger partial charge in [0.2, 0.25) is 11.9 Å². The summed E-state index contributed by atoms with van der Waals surface area (Å²) in [6, 6.07) is 5.37. The van der Waals surface area contributed by atoms with Crippen LogP contribution in [0.3, 0.4) is 0 Å². The van der Waals surface area contributed by atoms with E-state index in [-0.39, 0.29) is 17.7 Å². The van der Waals surface area contributed by atoms with E-state index >= 15 is 0 Å². The number of carbonyl (C=O) groups excluding carboxylic acids is 1. The first kappa shape index (κ1) is 20.1. The molecule has 0 atom stereocenters. The standard InChI is InChI=1S/C22H20FN7O/c1-5-20(31)27-15-6-7-19-16(8-15)12(2)11-30(19)21-17(23)9-25-22(29-21)28-18-10-24-14(4)26-13(18)3/h5-11H,1H2,2-4H3,(H,27,31)(H,25,28,29). The molecule has 4 rings (SSSR count). The Morgan fingerprint density at radius 1 is 1.16 bits per heavy atom. The number of nitrogens with one attached hydrogen (secondary N) is 2. The van der Waals surface area contributed by atoms with Gasteiger partial charge in [0.25, 0.3) is 0 Å². The number of aryl methyl sites for hydroxylation is 3. The lowest BCUT2D eigenvalue weighted by molar-refractivity contribution is -0.111. The van der Waals surface area contributed by atoms with Crippen LogP contribution in [0.15, 0.2) is 49.4 Å². The van der Waals surface area contributed by atoms with Crippen LogP contribution in [-0.4, -0.2) is 30.4 Å². The monoisotopic (exact) mass is 417 g/mol. The van der Waals surface area contributed by atoms with Crippen LogP contribution in [0.4, 0.5) is 21.7 Å².